The van der Waals surface area contributed by atoms with Crippen molar-refractivity contribution in [3.05, 3.63) is 66.2 Å². The number of aromatic nitrogens is 2. The van der Waals surface area contributed by atoms with Crippen LogP contribution >= 0.6 is 0 Å². The zero-order valence-electron chi connectivity index (χ0n) is 10.2. The first-order valence-electron chi connectivity index (χ1n) is 5.97. The van der Waals surface area contributed by atoms with Crippen LogP contribution in [0.5, 0.6) is 0 Å². The normalized spacial score (nSPS) is 10.7. The highest BCUT2D eigenvalue weighted by molar-refractivity contribution is 5.86. The molecule has 4 heteroatoms. The van der Waals surface area contributed by atoms with E-state index in [4.69, 9.17) is 5.11 Å². The first kappa shape index (κ1) is 11.5. The number of hydrogen-bond donors (Lipinski definition) is 1. The number of carboxylic acids is 1. The Morgan fingerprint density at radius 3 is 2.79 bits per heavy atom. The quantitative estimate of drug-likeness (QED) is 0.779. The van der Waals surface area contributed by atoms with Crippen LogP contribution in [0.4, 0.5) is 0 Å². The lowest BCUT2D eigenvalue weighted by molar-refractivity contribution is 0.0679. The summed E-state index contributed by atoms with van der Waals surface area (Å²) in [7, 11) is 0. The van der Waals surface area contributed by atoms with Crippen LogP contribution in [-0.4, -0.2) is 20.6 Å². The third kappa shape index (κ3) is 2.08. The Kier molecular flexibility index (Phi) is 2.76. The average Bonchev–Trinajstić information content (AvgIpc) is 2.87. The fraction of sp³-hybridized carbons (Fsp3) is 0.0667. The van der Waals surface area contributed by atoms with Gasteiger partial charge in [0.05, 0.1) is 0 Å². The van der Waals surface area contributed by atoms with E-state index in [1.165, 1.54) is 6.20 Å². The van der Waals surface area contributed by atoms with Crippen molar-refractivity contribution in [2.75, 3.05) is 0 Å². The van der Waals surface area contributed by atoms with Gasteiger partial charge in [0.25, 0.3) is 0 Å². The van der Waals surface area contributed by atoms with E-state index in [1.807, 2.05) is 42.5 Å². The summed E-state index contributed by atoms with van der Waals surface area (Å²) in [5, 5.41) is 11.3. The first-order chi connectivity index (χ1) is 9.25. The number of carboxylic acid groups (broad SMARTS) is 1. The SMILES string of the molecule is O=C(O)c1nccn1Cc1cccc2ccccc12. The Balaban J connectivity index is 2.06. The van der Waals surface area contributed by atoms with Gasteiger partial charge in [0.2, 0.25) is 5.82 Å². The predicted molar refractivity (Wildman–Crippen MR) is 72.2 cm³/mol. The predicted octanol–water partition coefficient (Wildman–Crippen LogP) is 2.78. The van der Waals surface area contributed by atoms with Crippen molar-refractivity contribution in [2.45, 2.75) is 6.54 Å². The zero-order valence-corrected chi connectivity index (χ0v) is 10.2. The molecule has 94 valence electrons. The van der Waals surface area contributed by atoms with Crippen LogP contribution in [0.2, 0.25) is 0 Å². The van der Waals surface area contributed by atoms with Crippen LogP contribution < -0.4 is 0 Å². The van der Waals surface area contributed by atoms with Gasteiger partial charge in [0.1, 0.15) is 0 Å². The van der Waals surface area contributed by atoms with Gasteiger partial charge in [-0.15, -0.1) is 0 Å². The van der Waals surface area contributed by atoms with E-state index in [0.29, 0.717) is 6.54 Å². The first-order valence-corrected chi connectivity index (χ1v) is 5.97. The number of imidazole rings is 1. The Morgan fingerprint density at radius 2 is 1.95 bits per heavy atom. The molecular formula is C15H12N2O2. The van der Waals surface area contributed by atoms with Crippen LogP contribution in [0.15, 0.2) is 54.9 Å². The Labute approximate surface area is 109 Å². The Bertz CT molecular complexity index is 741. The molecule has 0 radical (unpaired) electrons. The number of fused-ring (bicyclic) bond motifs is 1. The number of carbonyl (C=O) groups is 1. The fourth-order valence-corrected chi connectivity index (χ4v) is 2.25. The summed E-state index contributed by atoms with van der Waals surface area (Å²) < 4.78 is 1.64. The van der Waals surface area contributed by atoms with Crippen LogP contribution in [0, 0.1) is 0 Å². The van der Waals surface area contributed by atoms with Gasteiger partial charge in [-0.05, 0) is 16.3 Å². The second-order valence-electron chi connectivity index (χ2n) is 4.32. The lowest BCUT2D eigenvalue weighted by Gasteiger charge is -2.08. The van der Waals surface area contributed by atoms with Crippen LogP contribution in [-0.2, 0) is 6.54 Å². The molecule has 0 aliphatic carbocycles. The third-order valence-corrected chi connectivity index (χ3v) is 3.13. The number of hydrogen-bond acceptors (Lipinski definition) is 2. The molecule has 0 amide bonds. The summed E-state index contributed by atoms with van der Waals surface area (Å²) in [5.74, 6) is -0.946. The summed E-state index contributed by atoms with van der Waals surface area (Å²) in [6, 6.07) is 14.1. The van der Waals surface area contributed by atoms with Crippen molar-refractivity contribution >= 4 is 16.7 Å². The number of nitrogens with zero attached hydrogens (tertiary/aromatic N) is 2. The molecule has 1 aromatic heterocycles. The van der Waals surface area contributed by atoms with E-state index in [1.54, 1.807) is 10.8 Å². The van der Waals surface area contributed by atoms with Gasteiger partial charge < -0.3 is 9.67 Å². The van der Waals surface area contributed by atoms with Gasteiger partial charge in [0, 0.05) is 18.9 Å². The lowest BCUT2D eigenvalue weighted by Crippen LogP contribution is -2.10. The van der Waals surface area contributed by atoms with E-state index in [2.05, 4.69) is 4.98 Å². The maximum atomic E-state index is 11.1. The van der Waals surface area contributed by atoms with E-state index in [0.717, 1.165) is 16.3 Å². The van der Waals surface area contributed by atoms with Gasteiger partial charge in [-0.25, -0.2) is 9.78 Å². The average molecular weight is 252 g/mol. The standard InChI is InChI=1S/C15H12N2O2/c18-15(19)14-16-8-9-17(14)10-12-6-3-5-11-4-1-2-7-13(11)12/h1-9H,10H2,(H,18,19). The summed E-state index contributed by atoms with van der Waals surface area (Å²) in [6.07, 6.45) is 3.19. The van der Waals surface area contributed by atoms with Crippen molar-refractivity contribution in [1.29, 1.82) is 0 Å². The Morgan fingerprint density at radius 1 is 1.16 bits per heavy atom. The molecule has 0 saturated heterocycles. The minimum Gasteiger partial charge on any atom is -0.475 e. The van der Waals surface area contributed by atoms with E-state index in [-0.39, 0.29) is 5.82 Å². The maximum absolute atomic E-state index is 11.1. The van der Waals surface area contributed by atoms with Gasteiger partial charge in [-0.1, -0.05) is 42.5 Å². The molecule has 4 nitrogen and oxygen atoms in total. The Hall–Kier alpha value is -2.62. The minimum atomic E-state index is -1.01. The van der Waals surface area contributed by atoms with Crippen molar-refractivity contribution in [3.8, 4) is 0 Å². The topological polar surface area (TPSA) is 55.1 Å². The van der Waals surface area contributed by atoms with Crippen molar-refractivity contribution < 1.29 is 9.90 Å². The molecule has 0 bridgehead atoms. The van der Waals surface area contributed by atoms with Gasteiger partial charge in [-0.3, -0.25) is 0 Å². The molecule has 2 aromatic carbocycles. The third-order valence-electron chi connectivity index (χ3n) is 3.13. The van der Waals surface area contributed by atoms with Crippen molar-refractivity contribution in [1.82, 2.24) is 9.55 Å². The van der Waals surface area contributed by atoms with Crippen LogP contribution in [0.3, 0.4) is 0 Å². The summed E-state index contributed by atoms with van der Waals surface area (Å²) in [5.41, 5.74) is 1.08. The highest BCUT2D eigenvalue weighted by Gasteiger charge is 2.11. The molecule has 0 atom stereocenters. The number of rotatable bonds is 3. The number of benzene rings is 2. The highest BCUT2D eigenvalue weighted by atomic mass is 16.4. The molecule has 0 aliphatic rings. The van der Waals surface area contributed by atoms with Crippen LogP contribution in [0.25, 0.3) is 10.8 Å². The zero-order chi connectivity index (χ0) is 13.2. The molecule has 19 heavy (non-hydrogen) atoms. The molecule has 3 rings (SSSR count). The number of aromatic carboxylic acids is 1. The monoisotopic (exact) mass is 252 g/mol. The highest BCUT2D eigenvalue weighted by Crippen LogP contribution is 2.19. The molecule has 1 heterocycles. The molecule has 1 N–H and O–H groups in total. The second kappa shape index (κ2) is 4.57. The molecule has 0 unspecified atom stereocenters. The minimum absolute atomic E-state index is 0.0629. The molecule has 0 aliphatic heterocycles. The van der Waals surface area contributed by atoms with Crippen molar-refractivity contribution in [3.63, 3.8) is 0 Å². The summed E-state index contributed by atoms with van der Waals surface area (Å²) >= 11 is 0. The maximum Gasteiger partial charge on any atom is 0.372 e. The van der Waals surface area contributed by atoms with Crippen LogP contribution in [0.1, 0.15) is 16.2 Å². The lowest BCUT2D eigenvalue weighted by atomic mass is 10.0. The van der Waals surface area contributed by atoms with E-state index >= 15 is 0 Å². The molecule has 0 fully saturated rings. The van der Waals surface area contributed by atoms with Gasteiger partial charge in [0.15, 0.2) is 0 Å². The summed E-state index contributed by atoms with van der Waals surface area (Å²) in [4.78, 5) is 14.9. The molecule has 0 spiro atoms. The van der Waals surface area contributed by atoms with Crippen molar-refractivity contribution in [2.24, 2.45) is 0 Å². The molecule has 0 saturated carbocycles. The van der Waals surface area contributed by atoms with Gasteiger partial charge >= 0.3 is 5.97 Å². The largest absolute Gasteiger partial charge is 0.475 e. The molecule has 3 aromatic rings. The smallest absolute Gasteiger partial charge is 0.372 e. The molecular weight excluding hydrogens is 240 g/mol. The van der Waals surface area contributed by atoms with E-state index < -0.39 is 5.97 Å². The second-order valence-corrected chi connectivity index (χ2v) is 4.32. The van der Waals surface area contributed by atoms with E-state index in [9.17, 15) is 4.79 Å². The fourth-order valence-electron chi connectivity index (χ4n) is 2.25. The van der Waals surface area contributed by atoms with Gasteiger partial charge in [-0.2, -0.15) is 0 Å². The summed E-state index contributed by atoms with van der Waals surface area (Å²) in [6.45, 7) is 0.503.